The normalized spacial score (nSPS) is 10.9. The van der Waals surface area contributed by atoms with Gasteiger partial charge in [0.05, 0.1) is 0 Å². The molecule has 288 valence electrons. The Morgan fingerprint density at radius 1 is 0.367 bits per heavy atom. The van der Waals surface area contributed by atoms with Crippen molar-refractivity contribution < 1.29 is 36.9 Å². The van der Waals surface area contributed by atoms with Gasteiger partial charge in [-0.25, -0.2) is 0 Å². The number of aliphatic carboxylic acids is 2. The van der Waals surface area contributed by atoms with Gasteiger partial charge in [-0.15, -0.1) is 0 Å². The van der Waals surface area contributed by atoms with Crippen LogP contribution in [0.3, 0.4) is 0 Å². The molecule has 0 unspecified atom stereocenters. The van der Waals surface area contributed by atoms with E-state index in [1.54, 1.807) is 10.0 Å². The molecule has 0 saturated heterocycles. The van der Waals surface area contributed by atoms with Gasteiger partial charge >= 0.3 is 78.6 Å². The quantitative estimate of drug-likeness (QED) is 0.0381. The van der Waals surface area contributed by atoms with Crippen molar-refractivity contribution in [3.8, 4) is 0 Å². The molecule has 0 saturated carbocycles. The van der Waals surface area contributed by atoms with Crippen molar-refractivity contribution in [1.82, 2.24) is 0 Å². The first-order chi connectivity index (χ1) is 24.0. The Labute approximate surface area is 315 Å². The molecule has 0 rings (SSSR count). The van der Waals surface area contributed by atoms with E-state index in [-0.39, 0.29) is 17.1 Å². The summed E-state index contributed by atoms with van der Waals surface area (Å²) in [4.78, 5) is 20.6. The fourth-order valence-corrected chi connectivity index (χ4v) is 10.0. The maximum atomic E-state index is 10.3. The average Bonchev–Trinajstić information content (AvgIpc) is 3.08. The minimum atomic E-state index is -0.664. The van der Waals surface area contributed by atoms with E-state index in [9.17, 15) is 9.59 Å². The summed E-state index contributed by atoms with van der Waals surface area (Å²) in [7, 11) is 0. The summed E-state index contributed by atoms with van der Waals surface area (Å²) in [5, 5.41) is 20.3. The van der Waals surface area contributed by atoms with Gasteiger partial charge in [0, 0.05) is 12.8 Å². The van der Waals surface area contributed by atoms with Gasteiger partial charge in [0.25, 0.3) is 0 Å². The zero-order valence-electron chi connectivity index (χ0n) is 33.8. The van der Waals surface area contributed by atoms with Crippen LogP contribution in [0.25, 0.3) is 0 Å². The monoisotopic (exact) mass is 743 g/mol. The molecule has 0 spiro atoms. The van der Waals surface area contributed by atoms with Gasteiger partial charge < -0.3 is 10.2 Å². The number of unbranched alkanes of at least 4 members (excludes halogenated alkanes) is 24. The van der Waals surface area contributed by atoms with E-state index < -0.39 is 11.9 Å². The molecule has 4 nitrogen and oxygen atoms in total. The molecule has 0 radical (unpaired) electrons. The molecule has 49 heavy (non-hydrogen) atoms. The topological polar surface area (TPSA) is 74.6 Å². The fourth-order valence-electron chi connectivity index (χ4n) is 5.72. The number of carbonyl (C=O) groups is 2. The van der Waals surface area contributed by atoms with E-state index in [0.29, 0.717) is 12.8 Å². The molecule has 0 fully saturated rings. The molecule has 5 heteroatoms. The summed E-state index contributed by atoms with van der Waals surface area (Å²) >= 11 is 0.0146. The van der Waals surface area contributed by atoms with E-state index in [2.05, 4.69) is 52.0 Å². The minimum absolute atomic E-state index is 0.0146. The molecule has 0 aliphatic carbocycles. The standard InChI is InChI=1S/2C18H34O2.2C4H9.Zn/c2*1-2-3-4-5-6-7-8-9-10-11-12-13-14-15-16-17-18(19)20;2*1-3-4-2;/h2*9-10H,2-8,11-17H2,1H3,(H,19,20);2*1,3-4H2,2H3;. The summed E-state index contributed by atoms with van der Waals surface area (Å²) in [5.41, 5.74) is 0. The number of rotatable bonds is 36. The van der Waals surface area contributed by atoms with Gasteiger partial charge in [0.15, 0.2) is 0 Å². The molecule has 0 aliphatic heterocycles. The molecule has 0 aromatic heterocycles. The van der Waals surface area contributed by atoms with Crippen LogP contribution in [0.15, 0.2) is 24.3 Å². The van der Waals surface area contributed by atoms with Crippen LogP contribution in [-0.4, -0.2) is 22.2 Å². The summed E-state index contributed by atoms with van der Waals surface area (Å²) in [6, 6.07) is 0. The second-order valence-electron chi connectivity index (χ2n) is 14.2. The average molecular weight is 745 g/mol. The van der Waals surface area contributed by atoms with Gasteiger partial charge in [-0.1, -0.05) is 141 Å². The van der Waals surface area contributed by atoms with Crippen molar-refractivity contribution in [3.05, 3.63) is 24.3 Å². The zero-order chi connectivity index (χ0) is 36.7. The number of allylic oxidation sites excluding steroid dienone is 4. The summed E-state index contributed by atoms with van der Waals surface area (Å²) in [6.45, 7) is 9.11. The molecule has 0 atom stereocenters. The van der Waals surface area contributed by atoms with Crippen LogP contribution in [0.5, 0.6) is 0 Å². The Balaban J connectivity index is -0.000000695. The first-order valence-electron chi connectivity index (χ1n) is 21.7. The van der Waals surface area contributed by atoms with Crippen LogP contribution in [0.1, 0.15) is 233 Å². The second kappa shape index (κ2) is 51.4. The number of carboxylic acid groups (broad SMARTS) is 2. The number of hydrogen-bond acceptors (Lipinski definition) is 2. The van der Waals surface area contributed by atoms with Gasteiger partial charge in [0.1, 0.15) is 0 Å². The van der Waals surface area contributed by atoms with E-state index in [0.717, 1.165) is 25.7 Å². The van der Waals surface area contributed by atoms with Crippen LogP contribution in [0.2, 0.25) is 10.0 Å². The van der Waals surface area contributed by atoms with Crippen LogP contribution in [0.4, 0.5) is 0 Å². The van der Waals surface area contributed by atoms with Crippen molar-refractivity contribution >= 4 is 11.9 Å². The van der Waals surface area contributed by atoms with Crippen molar-refractivity contribution in [3.63, 3.8) is 0 Å². The first-order valence-corrected chi connectivity index (χ1v) is 25.9. The predicted octanol–water partition coefficient (Wildman–Crippen LogP) is 15.7. The second-order valence-corrected chi connectivity index (χ2v) is 18.7. The maximum absolute atomic E-state index is 10.3. The van der Waals surface area contributed by atoms with Gasteiger partial charge in [0.2, 0.25) is 0 Å². The molecular weight excluding hydrogens is 658 g/mol. The van der Waals surface area contributed by atoms with E-state index in [1.165, 1.54) is 167 Å². The van der Waals surface area contributed by atoms with Crippen molar-refractivity contribution in [2.75, 3.05) is 0 Å². The Kier molecular flexibility index (Phi) is 55.0. The molecule has 0 amide bonds. The fraction of sp³-hybridized carbons (Fsp3) is 0.864. The number of hydrogen-bond donors (Lipinski definition) is 2. The van der Waals surface area contributed by atoms with Crippen molar-refractivity contribution in [1.29, 1.82) is 0 Å². The molecule has 2 N–H and O–H groups in total. The van der Waals surface area contributed by atoms with Gasteiger partial charge in [-0.3, -0.25) is 9.59 Å². The number of carboxylic acids is 2. The Morgan fingerprint density at radius 2 is 0.612 bits per heavy atom. The van der Waals surface area contributed by atoms with Crippen molar-refractivity contribution in [2.24, 2.45) is 0 Å². The van der Waals surface area contributed by atoms with E-state index >= 15 is 0 Å². The van der Waals surface area contributed by atoms with Gasteiger partial charge in [-0.05, 0) is 64.2 Å². The van der Waals surface area contributed by atoms with Crippen LogP contribution < -0.4 is 0 Å². The Bertz CT molecular complexity index is 620. The third-order valence-electron chi connectivity index (χ3n) is 9.01. The molecule has 0 aromatic rings. The third kappa shape index (κ3) is 62.6. The summed E-state index contributed by atoms with van der Waals surface area (Å²) in [6.07, 6.45) is 48.3. The van der Waals surface area contributed by atoms with Crippen LogP contribution in [-0.2, 0) is 26.7 Å². The summed E-state index contributed by atoms with van der Waals surface area (Å²) in [5.74, 6) is -1.33. The van der Waals surface area contributed by atoms with Crippen molar-refractivity contribution in [2.45, 2.75) is 243 Å². The van der Waals surface area contributed by atoms with E-state index in [4.69, 9.17) is 10.2 Å². The molecule has 0 aromatic carbocycles. The molecule has 0 bridgehead atoms. The third-order valence-corrected chi connectivity index (χ3v) is 13.2. The van der Waals surface area contributed by atoms with E-state index in [1.807, 2.05) is 0 Å². The van der Waals surface area contributed by atoms with Crippen LogP contribution in [0, 0.1) is 0 Å². The Morgan fingerprint density at radius 3 is 0.878 bits per heavy atom. The predicted molar refractivity (Wildman–Crippen MR) is 214 cm³/mol. The van der Waals surface area contributed by atoms with Crippen LogP contribution >= 0.6 is 0 Å². The molecule has 0 aliphatic rings. The first kappa shape index (κ1) is 52.4. The SMILES string of the molecule is CCCCCCCCC=CCCCCCCCC(=O)O.CCCCCCCCC=CCCCCCCCC(=O)O.CCC[CH2][Zn][CH2]CCC. The summed E-state index contributed by atoms with van der Waals surface area (Å²) < 4.78 is 0. The molecular formula is C44H86O4Zn. The zero-order valence-corrected chi connectivity index (χ0v) is 36.7. The molecule has 0 heterocycles. The van der Waals surface area contributed by atoms with Gasteiger partial charge in [-0.2, -0.15) is 0 Å². The Hall–Kier alpha value is -0.957.